The van der Waals surface area contributed by atoms with Crippen LogP contribution < -0.4 is 9.50 Å². The molecule has 3 rings (SSSR count). The van der Waals surface area contributed by atoms with E-state index in [0.29, 0.717) is 0 Å². The molecule has 0 spiro atoms. The number of benzene rings is 1. The molecule has 2 aromatic rings. The van der Waals surface area contributed by atoms with Crippen molar-refractivity contribution in [2.45, 2.75) is 18.3 Å². The van der Waals surface area contributed by atoms with Crippen molar-refractivity contribution >= 4 is 21.7 Å². The van der Waals surface area contributed by atoms with E-state index < -0.39 is 21.4 Å². The lowest BCUT2D eigenvalue weighted by Crippen LogP contribution is -2.29. The highest BCUT2D eigenvalue weighted by atomic mass is 32.2. The van der Waals surface area contributed by atoms with Crippen LogP contribution in [0.15, 0.2) is 48.8 Å². The summed E-state index contributed by atoms with van der Waals surface area (Å²) >= 11 is 0. The van der Waals surface area contributed by atoms with Crippen LogP contribution in [0.3, 0.4) is 0 Å². The van der Waals surface area contributed by atoms with Crippen molar-refractivity contribution in [1.29, 1.82) is 0 Å². The number of hydrogen-bond donors (Lipinski definition) is 1. The predicted octanol–water partition coefficient (Wildman–Crippen LogP) is 2.88. The van der Waals surface area contributed by atoms with Crippen molar-refractivity contribution in [1.82, 2.24) is 4.98 Å². The van der Waals surface area contributed by atoms with E-state index in [1.807, 2.05) is 18.2 Å². The van der Waals surface area contributed by atoms with Gasteiger partial charge in [-0.3, -0.25) is 9.78 Å². The molecule has 1 N–H and O–H groups in total. The molecule has 0 fully saturated rings. The molecule has 1 aromatic heterocycles. The lowest BCUT2D eigenvalue weighted by Gasteiger charge is -2.19. The highest BCUT2D eigenvalue weighted by molar-refractivity contribution is 7.88. The third-order valence-corrected chi connectivity index (χ3v) is 4.02. The smallest absolute Gasteiger partial charge is 0.376 e. The van der Waals surface area contributed by atoms with Crippen molar-refractivity contribution in [3.8, 4) is 5.75 Å². The number of halogens is 3. The molecule has 1 aliphatic heterocycles. The van der Waals surface area contributed by atoms with Gasteiger partial charge in [0.25, 0.3) is 0 Å². The van der Waals surface area contributed by atoms with Gasteiger partial charge in [0.1, 0.15) is 5.75 Å². The normalized spacial score (nSPS) is 13.8. The average Bonchev–Trinajstić information content (AvgIpc) is 2.55. The first-order valence-electron chi connectivity index (χ1n) is 6.98. The van der Waals surface area contributed by atoms with Crippen LogP contribution in [0, 0.1) is 0 Å². The van der Waals surface area contributed by atoms with Crippen LogP contribution in [0.25, 0.3) is 0 Å². The summed E-state index contributed by atoms with van der Waals surface area (Å²) in [5.41, 5.74) is -5.01. The summed E-state index contributed by atoms with van der Waals surface area (Å²) in [5.74, 6) is -0.710. The quantitative estimate of drug-likeness (QED) is 0.645. The number of hydrogen-bond acceptors (Lipinski definition) is 5. The second-order valence-electron chi connectivity index (χ2n) is 4.84. The summed E-state index contributed by atoms with van der Waals surface area (Å²) in [7, 11) is -5.71. The van der Waals surface area contributed by atoms with Crippen LogP contribution >= 0.6 is 0 Å². The van der Waals surface area contributed by atoms with E-state index in [-0.39, 0.29) is 30.0 Å². The third-order valence-electron chi connectivity index (χ3n) is 3.06. The van der Waals surface area contributed by atoms with Crippen molar-refractivity contribution < 1.29 is 30.6 Å². The van der Waals surface area contributed by atoms with Crippen molar-refractivity contribution in [2.75, 3.05) is 5.32 Å². The summed E-state index contributed by atoms with van der Waals surface area (Å²) in [5, 5.41) is 2.43. The van der Waals surface area contributed by atoms with E-state index in [2.05, 4.69) is 14.5 Å². The largest absolute Gasteiger partial charge is 0.534 e. The molecule has 0 saturated heterocycles. The molecule has 6 nitrogen and oxygen atoms in total. The molecule has 10 heteroatoms. The van der Waals surface area contributed by atoms with Crippen LogP contribution in [0.2, 0.25) is 0 Å². The lowest BCUT2D eigenvalue weighted by molar-refractivity contribution is -0.116. The van der Waals surface area contributed by atoms with E-state index in [0.717, 1.165) is 6.07 Å². The van der Waals surface area contributed by atoms with Crippen LogP contribution in [0.1, 0.15) is 12.0 Å². The number of aromatic nitrogens is 1. The van der Waals surface area contributed by atoms with E-state index >= 15 is 0 Å². The van der Waals surface area contributed by atoms with Crippen LogP contribution in [0.5, 0.6) is 5.75 Å². The average molecular weight is 374 g/mol. The van der Waals surface area contributed by atoms with Gasteiger partial charge in [0.2, 0.25) is 5.91 Å². The van der Waals surface area contributed by atoms with E-state index in [9.17, 15) is 26.4 Å². The van der Waals surface area contributed by atoms with Crippen molar-refractivity contribution in [3.63, 3.8) is 0 Å². The Morgan fingerprint density at radius 3 is 2.24 bits per heavy atom. The maximum atomic E-state index is 12.2. The summed E-state index contributed by atoms with van der Waals surface area (Å²) in [6, 6.07) is 9.58. The predicted molar refractivity (Wildman–Crippen MR) is 83.2 cm³/mol. The van der Waals surface area contributed by atoms with Gasteiger partial charge in [0, 0.05) is 30.1 Å². The minimum Gasteiger partial charge on any atom is -0.376 e. The fraction of sp³-hybridized carbons (Fsp3) is 0.200. The SMILES string of the molecule is O=C1CCc2c(cccc2OS(=O)(=O)C(F)(F)F)N1.c1ccncc1. The molecule has 1 aromatic carbocycles. The zero-order valence-corrected chi connectivity index (χ0v) is 13.5. The Bertz CT molecular complexity index is 813. The maximum Gasteiger partial charge on any atom is 0.534 e. The molecule has 0 radical (unpaired) electrons. The standard InChI is InChI=1S/C10H8F3NO4S.C5H5N/c11-10(12,13)19(16,17)18-8-3-1-2-7-6(8)4-5-9(15)14-7;1-2-4-6-5-3-1/h1-3H,4-5H2,(H,14,15);1-5H. The van der Waals surface area contributed by atoms with Gasteiger partial charge < -0.3 is 9.50 Å². The molecular formula is C15H13F3N2O4S. The third kappa shape index (κ3) is 4.92. The topological polar surface area (TPSA) is 85.4 Å². The highest BCUT2D eigenvalue weighted by Gasteiger charge is 2.48. The number of nitrogens with one attached hydrogen (secondary N) is 1. The monoisotopic (exact) mass is 374 g/mol. The molecule has 0 unspecified atom stereocenters. The van der Waals surface area contributed by atoms with Gasteiger partial charge in [-0.1, -0.05) is 12.1 Å². The number of carbonyl (C=O) groups is 1. The number of carbonyl (C=O) groups excluding carboxylic acids is 1. The number of rotatable bonds is 2. The van der Waals surface area contributed by atoms with Gasteiger partial charge in [-0.05, 0) is 30.7 Å². The zero-order chi connectivity index (χ0) is 18.5. The second kappa shape index (κ2) is 7.51. The van der Waals surface area contributed by atoms with Gasteiger partial charge >= 0.3 is 15.6 Å². The summed E-state index contributed by atoms with van der Waals surface area (Å²) < 4.78 is 62.7. The molecule has 25 heavy (non-hydrogen) atoms. The number of alkyl halides is 3. The van der Waals surface area contributed by atoms with Crippen LogP contribution in [-0.2, 0) is 21.3 Å². The molecular weight excluding hydrogens is 361 g/mol. The first-order chi connectivity index (χ1) is 11.7. The van der Waals surface area contributed by atoms with E-state index in [1.165, 1.54) is 12.1 Å². The summed E-state index contributed by atoms with van der Waals surface area (Å²) in [6.45, 7) is 0. The summed E-state index contributed by atoms with van der Waals surface area (Å²) in [6.07, 6.45) is 3.67. The van der Waals surface area contributed by atoms with E-state index in [1.54, 1.807) is 12.4 Å². The molecule has 1 amide bonds. The Balaban J connectivity index is 0.000000316. The van der Waals surface area contributed by atoms with Gasteiger partial charge in [0.15, 0.2) is 0 Å². The molecule has 0 saturated carbocycles. The molecule has 2 heterocycles. The van der Waals surface area contributed by atoms with E-state index in [4.69, 9.17) is 0 Å². The maximum absolute atomic E-state index is 12.2. The molecule has 1 aliphatic rings. The first-order valence-corrected chi connectivity index (χ1v) is 8.39. The Morgan fingerprint density at radius 2 is 1.72 bits per heavy atom. The van der Waals surface area contributed by atoms with Gasteiger partial charge in [-0.15, -0.1) is 0 Å². The minimum absolute atomic E-state index is 0.0550. The Labute approximate surface area is 141 Å². The molecule has 0 bridgehead atoms. The molecule has 134 valence electrons. The first kappa shape index (κ1) is 18.7. The zero-order valence-electron chi connectivity index (χ0n) is 12.7. The second-order valence-corrected chi connectivity index (χ2v) is 6.38. The molecule has 0 aliphatic carbocycles. The fourth-order valence-corrected chi connectivity index (χ4v) is 2.44. The van der Waals surface area contributed by atoms with Gasteiger partial charge in [0.05, 0.1) is 0 Å². The minimum atomic E-state index is -5.71. The van der Waals surface area contributed by atoms with Gasteiger partial charge in [-0.2, -0.15) is 21.6 Å². The number of fused-ring (bicyclic) bond motifs is 1. The van der Waals surface area contributed by atoms with Crippen LogP contribution in [0.4, 0.5) is 18.9 Å². The van der Waals surface area contributed by atoms with Crippen LogP contribution in [-0.4, -0.2) is 24.8 Å². The van der Waals surface area contributed by atoms with Crippen molar-refractivity contribution in [2.24, 2.45) is 0 Å². The number of pyridine rings is 1. The highest BCUT2D eigenvalue weighted by Crippen LogP contribution is 2.34. The van der Waals surface area contributed by atoms with Gasteiger partial charge in [-0.25, -0.2) is 0 Å². The lowest BCUT2D eigenvalue weighted by atomic mass is 10.0. The Hall–Kier alpha value is -2.62. The van der Waals surface area contributed by atoms with Crippen molar-refractivity contribution in [3.05, 3.63) is 54.4 Å². The fourth-order valence-electron chi connectivity index (χ4n) is 1.95. The number of amides is 1. The summed E-state index contributed by atoms with van der Waals surface area (Å²) in [4.78, 5) is 14.9. The Kier molecular flexibility index (Phi) is 5.62. The Morgan fingerprint density at radius 1 is 1.04 bits per heavy atom. The molecule has 0 atom stereocenters. The number of anilines is 1. The number of nitrogens with zero attached hydrogens (tertiary/aromatic N) is 1.